The van der Waals surface area contributed by atoms with Crippen molar-refractivity contribution in [2.75, 3.05) is 0 Å². The lowest BCUT2D eigenvalue weighted by atomic mass is 9.81. The van der Waals surface area contributed by atoms with Gasteiger partial charge in [-0.1, -0.05) is 208 Å². The van der Waals surface area contributed by atoms with E-state index in [0.717, 1.165) is 72.3 Å². The average molecular weight is 843 g/mol. The maximum absolute atomic E-state index is 6.43. The molecule has 0 fully saturated rings. The Bertz CT molecular complexity index is 3900. The number of fused-ring (bicyclic) bond motifs is 8. The van der Waals surface area contributed by atoms with Crippen LogP contribution in [0.5, 0.6) is 0 Å². The number of benzene rings is 10. The minimum absolute atomic E-state index is 0.180. The summed E-state index contributed by atoms with van der Waals surface area (Å²) in [6.07, 6.45) is 0. The molecule has 0 radical (unpaired) electrons. The Morgan fingerprint density at radius 3 is 1.74 bits per heavy atom. The Balaban J connectivity index is 0.999. The number of hydrogen-bond acceptors (Lipinski definition) is 3. The highest BCUT2D eigenvalue weighted by atomic mass is 16.3. The van der Waals surface area contributed by atoms with Gasteiger partial charge in [0.15, 0.2) is 5.82 Å². The molecule has 0 bridgehead atoms. The number of nitrogens with zero attached hydrogens (tertiary/aromatic N) is 2. The van der Waals surface area contributed by atoms with E-state index in [-0.39, 0.29) is 5.41 Å². The second-order valence-corrected chi connectivity index (χ2v) is 18.0. The molecule has 1 aliphatic rings. The first-order valence-electron chi connectivity index (χ1n) is 22.7. The molecular formula is C63H42N2O. The normalized spacial score (nSPS) is 12.8. The SMILES string of the molecule is CC1(C)c2cc3ccccc3cc2-c2c(-c3c(-c4cc(-c5ccccc5-c5ccc(-c6cccc7c6oc6ccccc67)cc5)nc(-c5ccccc5)n4)ccc4ccccc34)cccc21. The molecule has 10 aromatic carbocycles. The molecule has 0 atom stereocenters. The maximum atomic E-state index is 6.43. The standard InChI is InChI=1S/C63H42N2O/c1-63(2)54-28-15-27-52(60(54)53-36-43-19-6-7-20-44(43)37-55(53)63)59-46-22-9-8-16-39(46)34-35-51(59)57-38-56(64-62(65-57)42-17-4-3-5-18-42)48-23-11-10-21-45(48)40-30-32-41(33-31-40)47-25-14-26-50-49-24-12-13-29-58(49)66-61(47)50/h3-38H,1-2H3. The van der Waals surface area contributed by atoms with Crippen LogP contribution in [-0.4, -0.2) is 9.97 Å². The van der Waals surface area contributed by atoms with E-state index in [9.17, 15) is 0 Å². The fourth-order valence-electron chi connectivity index (χ4n) is 10.7. The van der Waals surface area contributed by atoms with Crippen molar-refractivity contribution in [1.29, 1.82) is 0 Å². The van der Waals surface area contributed by atoms with Gasteiger partial charge < -0.3 is 4.42 Å². The van der Waals surface area contributed by atoms with Gasteiger partial charge in [0.1, 0.15) is 11.2 Å². The fraction of sp³-hybridized carbons (Fsp3) is 0.0476. The molecule has 3 heteroatoms. The maximum Gasteiger partial charge on any atom is 0.160 e. The van der Waals surface area contributed by atoms with Gasteiger partial charge in [-0.25, -0.2) is 9.97 Å². The Morgan fingerprint density at radius 1 is 0.348 bits per heavy atom. The van der Waals surface area contributed by atoms with Crippen molar-refractivity contribution < 1.29 is 4.42 Å². The molecule has 0 aliphatic heterocycles. The summed E-state index contributed by atoms with van der Waals surface area (Å²) in [4.78, 5) is 10.9. The summed E-state index contributed by atoms with van der Waals surface area (Å²) >= 11 is 0. The highest BCUT2D eigenvalue weighted by Crippen LogP contribution is 2.55. The van der Waals surface area contributed by atoms with Gasteiger partial charge in [0.2, 0.25) is 0 Å². The monoisotopic (exact) mass is 842 g/mol. The van der Waals surface area contributed by atoms with E-state index >= 15 is 0 Å². The van der Waals surface area contributed by atoms with E-state index < -0.39 is 0 Å². The molecule has 2 aromatic heterocycles. The fourth-order valence-corrected chi connectivity index (χ4v) is 10.7. The van der Waals surface area contributed by atoms with Crippen LogP contribution in [0.25, 0.3) is 122 Å². The van der Waals surface area contributed by atoms with E-state index in [1.165, 1.54) is 54.9 Å². The van der Waals surface area contributed by atoms with Gasteiger partial charge in [-0.15, -0.1) is 0 Å². The zero-order valence-corrected chi connectivity index (χ0v) is 36.6. The summed E-state index contributed by atoms with van der Waals surface area (Å²) in [6.45, 7) is 4.74. The third-order valence-corrected chi connectivity index (χ3v) is 13.9. The Morgan fingerprint density at radius 2 is 0.939 bits per heavy atom. The van der Waals surface area contributed by atoms with Crippen molar-refractivity contribution in [3.05, 3.63) is 230 Å². The van der Waals surface area contributed by atoms with Crippen molar-refractivity contribution in [2.24, 2.45) is 0 Å². The van der Waals surface area contributed by atoms with E-state index in [1.807, 2.05) is 18.2 Å². The first-order valence-corrected chi connectivity index (χ1v) is 22.7. The van der Waals surface area contributed by atoms with Crippen molar-refractivity contribution >= 4 is 43.5 Å². The second-order valence-electron chi connectivity index (χ2n) is 18.0. The molecule has 0 amide bonds. The van der Waals surface area contributed by atoms with Crippen LogP contribution in [0.2, 0.25) is 0 Å². The molecule has 0 saturated heterocycles. The van der Waals surface area contributed by atoms with E-state index in [0.29, 0.717) is 5.82 Å². The topological polar surface area (TPSA) is 38.9 Å². The van der Waals surface area contributed by atoms with Crippen LogP contribution < -0.4 is 0 Å². The van der Waals surface area contributed by atoms with Crippen LogP contribution in [0.1, 0.15) is 25.0 Å². The Labute approximate surface area is 383 Å². The van der Waals surface area contributed by atoms with Crippen molar-refractivity contribution in [3.63, 3.8) is 0 Å². The molecule has 0 saturated carbocycles. The number of para-hydroxylation sites is 2. The highest BCUT2D eigenvalue weighted by Gasteiger charge is 2.38. The Kier molecular flexibility index (Phi) is 8.56. The van der Waals surface area contributed by atoms with Gasteiger partial charge in [-0.2, -0.15) is 0 Å². The van der Waals surface area contributed by atoms with E-state index in [2.05, 4.69) is 214 Å². The van der Waals surface area contributed by atoms with Crippen molar-refractivity contribution in [3.8, 4) is 78.4 Å². The minimum atomic E-state index is -0.180. The molecule has 0 spiro atoms. The minimum Gasteiger partial charge on any atom is -0.455 e. The molecule has 66 heavy (non-hydrogen) atoms. The van der Waals surface area contributed by atoms with Gasteiger partial charge in [-0.05, 0) is 95.9 Å². The smallest absolute Gasteiger partial charge is 0.160 e. The number of hydrogen-bond donors (Lipinski definition) is 0. The van der Waals surface area contributed by atoms with Crippen molar-refractivity contribution in [2.45, 2.75) is 19.3 Å². The predicted molar refractivity (Wildman–Crippen MR) is 275 cm³/mol. The highest BCUT2D eigenvalue weighted by molar-refractivity contribution is 6.11. The molecule has 310 valence electrons. The molecule has 0 N–H and O–H groups in total. The van der Waals surface area contributed by atoms with Gasteiger partial charge >= 0.3 is 0 Å². The van der Waals surface area contributed by atoms with Crippen LogP contribution in [0.15, 0.2) is 223 Å². The molecule has 0 unspecified atom stereocenters. The van der Waals surface area contributed by atoms with Crippen LogP contribution in [0.4, 0.5) is 0 Å². The molecule has 3 nitrogen and oxygen atoms in total. The molecule has 13 rings (SSSR count). The number of furan rings is 1. The lowest BCUT2D eigenvalue weighted by molar-refractivity contribution is 0.661. The second kappa shape index (κ2) is 14.8. The van der Waals surface area contributed by atoms with Crippen LogP contribution in [-0.2, 0) is 5.41 Å². The summed E-state index contributed by atoms with van der Waals surface area (Å²) in [5, 5.41) is 7.15. The summed E-state index contributed by atoms with van der Waals surface area (Å²) in [7, 11) is 0. The third-order valence-electron chi connectivity index (χ3n) is 13.9. The van der Waals surface area contributed by atoms with Crippen LogP contribution >= 0.6 is 0 Å². The summed E-state index contributed by atoms with van der Waals surface area (Å²) in [6, 6.07) is 78.4. The quantitative estimate of drug-likeness (QED) is 0.167. The number of rotatable bonds is 6. The summed E-state index contributed by atoms with van der Waals surface area (Å²) in [5.74, 6) is 0.683. The molecule has 2 heterocycles. The zero-order valence-electron chi connectivity index (χ0n) is 36.6. The van der Waals surface area contributed by atoms with Crippen LogP contribution in [0, 0.1) is 0 Å². The van der Waals surface area contributed by atoms with E-state index in [4.69, 9.17) is 14.4 Å². The zero-order chi connectivity index (χ0) is 43.9. The van der Waals surface area contributed by atoms with Crippen molar-refractivity contribution in [1.82, 2.24) is 9.97 Å². The Hall–Kier alpha value is -8.40. The van der Waals surface area contributed by atoms with Gasteiger partial charge in [0.25, 0.3) is 0 Å². The first kappa shape index (κ1) is 38.1. The lowest BCUT2D eigenvalue weighted by Crippen LogP contribution is -2.14. The van der Waals surface area contributed by atoms with Gasteiger partial charge in [-0.3, -0.25) is 0 Å². The van der Waals surface area contributed by atoms with Crippen LogP contribution in [0.3, 0.4) is 0 Å². The lowest BCUT2D eigenvalue weighted by Gasteiger charge is -2.22. The number of aromatic nitrogens is 2. The van der Waals surface area contributed by atoms with Gasteiger partial charge in [0.05, 0.1) is 11.4 Å². The van der Waals surface area contributed by atoms with Gasteiger partial charge in [0, 0.05) is 38.4 Å². The van der Waals surface area contributed by atoms with E-state index in [1.54, 1.807) is 0 Å². The average Bonchev–Trinajstić information content (AvgIpc) is 3.87. The first-order chi connectivity index (χ1) is 32.5. The molecular weight excluding hydrogens is 801 g/mol. The third kappa shape index (κ3) is 5.97. The molecule has 12 aromatic rings. The summed E-state index contributed by atoms with van der Waals surface area (Å²) in [5.41, 5.74) is 18.5. The predicted octanol–water partition coefficient (Wildman–Crippen LogP) is 17.0. The largest absolute Gasteiger partial charge is 0.455 e. The molecule has 1 aliphatic carbocycles. The summed E-state index contributed by atoms with van der Waals surface area (Å²) < 4.78 is 6.43.